The molecule has 2 rings (SSSR count). The van der Waals surface area contributed by atoms with Crippen LogP contribution in [0.2, 0.25) is 5.02 Å². The van der Waals surface area contributed by atoms with E-state index < -0.39 is 10.9 Å². The van der Waals surface area contributed by atoms with Crippen LogP contribution in [0.5, 0.6) is 0 Å². The highest BCUT2D eigenvalue weighted by Gasteiger charge is 2.22. The number of hydrogen-bond acceptors (Lipinski definition) is 4. The van der Waals surface area contributed by atoms with Crippen LogP contribution in [-0.2, 0) is 0 Å². The normalized spacial score (nSPS) is 10.2. The predicted molar refractivity (Wildman–Crippen MR) is 75.6 cm³/mol. The number of benzene rings is 2. The van der Waals surface area contributed by atoms with Gasteiger partial charge >= 0.3 is 5.97 Å². The van der Waals surface area contributed by atoms with Gasteiger partial charge in [-0.25, -0.2) is 4.79 Å². The second-order valence-corrected chi connectivity index (χ2v) is 5.21. The smallest absolute Gasteiger partial charge is 0.337 e. The van der Waals surface area contributed by atoms with Crippen molar-refractivity contribution in [3.8, 4) is 0 Å². The highest BCUT2D eigenvalue weighted by Crippen LogP contribution is 2.40. The van der Waals surface area contributed by atoms with Crippen molar-refractivity contribution in [1.29, 1.82) is 0 Å². The Hall–Kier alpha value is -2.05. The fourth-order valence-corrected chi connectivity index (χ4v) is 2.88. The Kier molecular flexibility index (Phi) is 4.26. The molecule has 5 nitrogen and oxygen atoms in total. The van der Waals surface area contributed by atoms with Gasteiger partial charge in [-0.15, -0.1) is 0 Å². The van der Waals surface area contributed by atoms with Gasteiger partial charge in [-0.3, -0.25) is 10.1 Å². The molecule has 2 aromatic rings. The molecule has 0 aliphatic rings. The number of carboxylic acid groups (broad SMARTS) is 1. The SMILES string of the molecule is O=C(O)c1cccc([N+](=O)[O-])c1Sc1ccccc1Cl. The quantitative estimate of drug-likeness (QED) is 0.679. The topological polar surface area (TPSA) is 80.4 Å². The summed E-state index contributed by atoms with van der Waals surface area (Å²) < 4.78 is 0. The van der Waals surface area contributed by atoms with Gasteiger partial charge in [-0.05, 0) is 18.2 Å². The molecule has 1 N–H and O–H groups in total. The first kappa shape index (κ1) is 14.4. The maximum absolute atomic E-state index is 11.2. The third-order valence-corrected chi connectivity index (χ3v) is 4.12. The van der Waals surface area contributed by atoms with Crippen molar-refractivity contribution in [3.05, 3.63) is 63.2 Å². The number of nitro benzene ring substituents is 1. The average Bonchev–Trinajstić information content (AvgIpc) is 2.41. The van der Waals surface area contributed by atoms with Gasteiger partial charge in [0.15, 0.2) is 0 Å². The number of rotatable bonds is 4. The zero-order valence-corrected chi connectivity index (χ0v) is 11.5. The lowest BCUT2D eigenvalue weighted by Gasteiger charge is -2.07. The second kappa shape index (κ2) is 5.94. The molecule has 0 heterocycles. The van der Waals surface area contributed by atoms with E-state index >= 15 is 0 Å². The molecule has 7 heteroatoms. The van der Waals surface area contributed by atoms with E-state index in [-0.39, 0.29) is 16.1 Å². The molecule has 0 aliphatic heterocycles. The second-order valence-electron chi connectivity index (χ2n) is 3.75. The van der Waals surface area contributed by atoms with E-state index in [1.165, 1.54) is 18.2 Å². The number of carbonyl (C=O) groups is 1. The minimum absolute atomic E-state index is 0.0677. The van der Waals surface area contributed by atoms with E-state index in [2.05, 4.69) is 0 Å². The molecule has 20 heavy (non-hydrogen) atoms. The predicted octanol–water partition coefficient (Wildman–Crippen LogP) is 4.10. The molecule has 102 valence electrons. The van der Waals surface area contributed by atoms with Crippen LogP contribution in [0.3, 0.4) is 0 Å². The molecule has 0 fully saturated rings. The zero-order chi connectivity index (χ0) is 14.7. The average molecular weight is 310 g/mol. The summed E-state index contributed by atoms with van der Waals surface area (Å²) in [5.41, 5.74) is -0.376. The first-order valence-corrected chi connectivity index (χ1v) is 6.63. The molecular formula is C13H8ClNO4S. The van der Waals surface area contributed by atoms with Gasteiger partial charge in [-0.1, -0.05) is 41.6 Å². The third kappa shape index (κ3) is 2.92. The summed E-state index contributed by atoms with van der Waals surface area (Å²) in [5.74, 6) is -1.22. The van der Waals surface area contributed by atoms with Gasteiger partial charge in [0, 0.05) is 11.0 Å². The molecule has 0 atom stereocenters. The largest absolute Gasteiger partial charge is 0.478 e. The Morgan fingerprint density at radius 2 is 1.90 bits per heavy atom. The molecule has 2 aromatic carbocycles. The number of carboxylic acids is 1. The summed E-state index contributed by atoms with van der Waals surface area (Å²) in [6.07, 6.45) is 0. The number of nitro groups is 1. The monoisotopic (exact) mass is 309 g/mol. The lowest BCUT2D eigenvalue weighted by molar-refractivity contribution is -0.387. The van der Waals surface area contributed by atoms with Crippen LogP contribution in [0.1, 0.15) is 10.4 Å². The van der Waals surface area contributed by atoms with Crippen LogP contribution in [0.15, 0.2) is 52.3 Å². The van der Waals surface area contributed by atoms with Crippen molar-refractivity contribution < 1.29 is 14.8 Å². The molecule has 0 amide bonds. The molecular weight excluding hydrogens is 302 g/mol. The Morgan fingerprint density at radius 3 is 2.50 bits per heavy atom. The summed E-state index contributed by atoms with van der Waals surface area (Å²) in [4.78, 5) is 22.3. The minimum Gasteiger partial charge on any atom is -0.478 e. The zero-order valence-electron chi connectivity index (χ0n) is 9.95. The Labute approximate surface area is 123 Å². The standard InChI is InChI=1S/C13H8ClNO4S/c14-9-5-1-2-7-11(9)20-12-8(13(16)17)4-3-6-10(12)15(18)19/h1-7H,(H,16,17). The molecule has 0 unspecified atom stereocenters. The molecule has 0 aromatic heterocycles. The number of aromatic carboxylic acids is 1. The van der Waals surface area contributed by atoms with E-state index in [0.29, 0.717) is 9.92 Å². The van der Waals surface area contributed by atoms with Gasteiger partial charge in [0.1, 0.15) is 4.90 Å². The van der Waals surface area contributed by atoms with Crippen molar-refractivity contribution in [2.24, 2.45) is 0 Å². The summed E-state index contributed by atoms with van der Waals surface area (Å²) in [6.45, 7) is 0. The Balaban J connectivity index is 2.57. The van der Waals surface area contributed by atoms with Crippen molar-refractivity contribution in [1.82, 2.24) is 0 Å². The Bertz CT molecular complexity index is 658. The highest BCUT2D eigenvalue weighted by atomic mass is 35.5. The number of halogens is 1. The number of nitrogens with zero attached hydrogens (tertiary/aromatic N) is 1. The summed E-state index contributed by atoms with van der Waals surface area (Å²) in [5, 5.41) is 20.6. The van der Waals surface area contributed by atoms with Crippen LogP contribution in [0.25, 0.3) is 0 Å². The number of hydrogen-bond donors (Lipinski definition) is 1. The summed E-state index contributed by atoms with van der Waals surface area (Å²) >= 11 is 6.97. The third-order valence-electron chi connectivity index (χ3n) is 2.47. The molecule has 0 spiro atoms. The van der Waals surface area contributed by atoms with Crippen molar-refractivity contribution >= 4 is 35.0 Å². The maximum Gasteiger partial charge on any atom is 0.337 e. The van der Waals surface area contributed by atoms with Crippen molar-refractivity contribution in [2.45, 2.75) is 9.79 Å². The minimum atomic E-state index is -1.22. The fraction of sp³-hybridized carbons (Fsp3) is 0. The van der Waals surface area contributed by atoms with Gasteiger partial charge in [-0.2, -0.15) is 0 Å². The molecule has 0 bridgehead atoms. The first-order valence-electron chi connectivity index (χ1n) is 5.44. The van der Waals surface area contributed by atoms with Crippen LogP contribution >= 0.6 is 23.4 Å². The van der Waals surface area contributed by atoms with Crippen molar-refractivity contribution in [3.63, 3.8) is 0 Å². The molecule has 0 radical (unpaired) electrons. The lowest BCUT2D eigenvalue weighted by Crippen LogP contribution is -2.02. The van der Waals surface area contributed by atoms with Crippen LogP contribution in [-0.4, -0.2) is 16.0 Å². The summed E-state index contributed by atoms with van der Waals surface area (Å²) in [6, 6.07) is 10.7. The molecule has 0 saturated heterocycles. The maximum atomic E-state index is 11.2. The van der Waals surface area contributed by atoms with Crippen LogP contribution in [0, 0.1) is 10.1 Å². The van der Waals surface area contributed by atoms with Gasteiger partial charge in [0.25, 0.3) is 5.69 Å². The molecule has 0 aliphatic carbocycles. The van der Waals surface area contributed by atoms with Crippen LogP contribution < -0.4 is 0 Å². The van der Waals surface area contributed by atoms with Gasteiger partial charge in [0.2, 0.25) is 0 Å². The first-order chi connectivity index (χ1) is 9.50. The van der Waals surface area contributed by atoms with E-state index in [1.807, 2.05) is 0 Å². The lowest BCUT2D eigenvalue weighted by atomic mass is 10.2. The summed E-state index contributed by atoms with van der Waals surface area (Å²) in [7, 11) is 0. The Morgan fingerprint density at radius 1 is 1.20 bits per heavy atom. The van der Waals surface area contributed by atoms with Crippen molar-refractivity contribution in [2.75, 3.05) is 0 Å². The fourth-order valence-electron chi connectivity index (χ4n) is 1.58. The van der Waals surface area contributed by atoms with Crippen LogP contribution in [0.4, 0.5) is 5.69 Å². The molecule has 0 saturated carbocycles. The van der Waals surface area contributed by atoms with E-state index in [4.69, 9.17) is 16.7 Å². The van der Waals surface area contributed by atoms with Gasteiger partial charge < -0.3 is 5.11 Å². The van der Waals surface area contributed by atoms with E-state index in [1.54, 1.807) is 24.3 Å². The van der Waals surface area contributed by atoms with E-state index in [9.17, 15) is 14.9 Å². The van der Waals surface area contributed by atoms with Gasteiger partial charge in [0.05, 0.1) is 15.5 Å². The van der Waals surface area contributed by atoms with E-state index in [0.717, 1.165) is 11.8 Å². The highest BCUT2D eigenvalue weighted by molar-refractivity contribution is 7.99.